The van der Waals surface area contributed by atoms with E-state index in [0.717, 1.165) is 31.1 Å². The lowest BCUT2D eigenvalue weighted by atomic mass is 10.2. The maximum Gasteiger partial charge on any atom is 0.137 e. The minimum atomic E-state index is 0.641. The summed E-state index contributed by atoms with van der Waals surface area (Å²) in [6, 6.07) is 4.97. The van der Waals surface area contributed by atoms with Crippen molar-refractivity contribution in [3.63, 3.8) is 0 Å². The fourth-order valence-electron chi connectivity index (χ4n) is 2.63. The molecule has 0 spiro atoms. The van der Waals surface area contributed by atoms with Gasteiger partial charge in [0.15, 0.2) is 0 Å². The van der Waals surface area contributed by atoms with Crippen LogP contribution in [-0.4, -0.2) is 22.6 Å². The maximum absolute atomic E-state index is 4.61. The zero-order valence-electron chi connectivity index (χ0n) is 12.7. The zero-order valence-corrected chi connectivity index (χ0v) is 13.5. The monoisotopic (exact) mass is 302 g/mol. The Morgan fingerprint density at radius 3 is 2.81 bits per heavy atom. The molecule has 0 saturated heterocycles. The zero-order chi connectivity index (χ0) is 14.7. The Bertz CT molecular complexity index is 578. The van der Waals surface area contributed by atoms with Crippen molar-refractivity contribution in [3.05, 3.63) is 34.3 Å². The van der Waals surface area contributed by atoms with Crippen LogP contribution >= 0.6 is 11.3 Å². The lowest BCUT2D eigenvalue weighted by Crippen LogP contribution is -2.27. The number of nitrogens with one attached hydrogen (secondary N) is 1. The van der Waals surface area contributed by atoms with Crippen LogP contribution in [0.15, 0.2) is 23.8 Å². The first kappa shape index (κ1) is 14.3. The summed E-state index contributed by atoms with van der Waals surface area (Å²) in [5, 5.41) is 5.51. The molecule has 2 aromatic heterocycles. The second-order valence-electron chi connectivity index (χ2n) is 5.35. The van der Waals surface area contributed by atoms with Crippen molar-refractivity contribution in [2.75, 3.05) is 16.8 Å². The van der Waals surface area contributed by atoms with Gasteiger partial charge in [0.2, 0.25) is 0 Å². The number of hydrogen-bond donors (Lipinski definition) is 1. The van der Waals surface area contributed by atoms with Crippen LogP contribution in [0.3, 0.4) is 0 Å². The van der Waals surface area contributed by atoms with E-state index in [0.29, 0.717) is 6.04 Å². The predicted octanol–water partition coefficient (Wildman–Crippen LogP) is 3.70. The molecule has 21 heavy (non-hydrogen) atoms. The summed E-state index contributed by atoms with van der Waals surface area (Å²) in [7, 11) is 0. The average molecular weight is 302 g/mol. The van der Waals surface area contributed by atoms with Crippen molar-refractivity contribution in [2.45, 2.75) is 45.7 Å². The molecular weight excluding hydrogens is 280 g/mol. The van der Waals surface area contributed by atoms with Gasteiger partial charge in [-0.05, 0) is 37.6 Å². The largest absolute Gasteiger partial charge is 0.370 e. The molecule has 2 heterocycles. The van der Waals surface area contributed by atoms with Gasteiger partial charge in [0.25, 0.3) is 0 Å². The Morgan fingerprint density at radius 1 is 1.33 bits per heavy atom. The number of thiophene rings is 1. The Balaban J connectivity index is 1.93. The van der Waals surface area contributed by atoms with E-state index in [-0.39, 0.29) is 0 Å². The molecule has 0 amide bonds. The van der Waals surface area contributed by atoms with Crippen molar-refractivity contribution < 1.29 is 0 Å². The topological polar surface area (TPSA) is 41.1 Å². The van der Waals surface area contributed by atoms with E-state index >= 15 is 0 Å². The summed E-state index contributed by atoms with van der Waals surface area (Å²) < 4.78 is 0. The highest BCUT2D eigenvalue weighted by molar-refractivity contribution is 7.09. The van der Waals surface area contributed by atoms with E-state index in [1.54, 1.807) is 6.33 Å². The van der Waals surface area contributed by atoms with E-state index in [1.807, 2.05) is 11.3 Å². The SMILES string of the molecule is CCNc1ncnc(N(Cc2cccs2)C2CC2)c1CC. The molecule has 0 bridgehead atoms. The first-order valence-corrected chi connectivity index (χ1v) is 8.58. The van der Waals surface area contributed by atoms with Crippen LogP contribution in [0.4, 0.5) is 11.6 Å². The summed E-state index contributed by atoms with van der Waals surface area (Å²) >= 11 is 1.82. The predicted molar refractivity (Wildman–Crippen MR) is 89.1 cm³/mol. The third kappa shape index (κ3) is 3.18. The standard InChI is InChI=1S/C16H22N4S/c1-3-14-15(17-4-2)18-11-19-16(14)20(12-7-8-12)10-13-6-5-9-21-13/h5-6,9,11-12H,3-4,7-8,10H2,1-2H3,(H,17,18,19). The van der Waals surface area contributed by atoms with Gasteiger partial charge in [-0.1, -0.05) is 13.0 Å². The van der Waals surface area contributed by atoms with Crippen LogP contribution < -0.4 is 10.2 Å². The van der Waals surface area contributed by atoms with Crippen molar-refractivity contribution >= 4 is 23.0 Å². The average Bonchev–Trinajstić information content (AvgIpc) is 3.21. The highest BCUT2D eigenvalue weighted by Crippen LogP contribution is 2.35. The summed E-state index contributed by atoms with van der Waals surface area (Å²) in [4.78, 5) is 12.9. The van der Waals surface area contributed by atoms with Crippen LogP contribution in [0.5, 0.6) is 0 Å². The molecule has 0 unspecified atom stereocenters. The molecule has 1 aliphatic rings. The molecule has 112 valence electrons. The van der Waals surface area contributed by atoms with Gasteiger partial charge in [0.05, 0.1) is 6.54 Å². The molecule has 4 nitrogen and oxygen atoms in total. The van der Waals surface area contributed by atoms with Crippen molar-refractivity contribution in [1.29, 1.82) is 0 Å². The summed E-state index contributed by atoms with van der Waals surface area (Å²) in [6.07, 6.45) is 5.19. The first-order chi connectivity index (χ1) is 10.3. The smallest absolute Gasteiger partial charge is 0.137 e. The number of anilines is 2. The minimum absolute atomic E-state index is 0.641. The van der Waals surface area contributed by atoms with Gasteiger partial charge < -0.3 is 10.2 Å². The third-order valence-electron chi connectivity index (χ3n) is 3.79. The van der Waals surface area contributed by atoms with E-state index in [1.165, 1.54) is 23.3 Å². The van der Waals surface area contributed by atoms with E-state index in [2.05, 4.69) is 51.5 Å². The molecule has 5 heteroatoms. The maximum atomic E-state index is 4.61. The molecule has 3 rings (SSSR count). The quantitative estimate of drug-likeness (QED) is 0.846. The molecule has 1 aliphatic carbocycles. The first-order valence-electron chi connectivity index (χ1n) is 7.70. The van der Waals surface area contributed by atoms with Crippen molar-refractivity contribution in [3.8, 4) is 0 Å². The fraction of sp³-hybridized carbons (Fsp3) is 0.500. The molecular formula is C16H22N4S. The second-order valence-corrected chi connectivity index (χ2v) is 6.38. The van der Waals surface area contributed by atoms with Gasteiger partial charge in [0, 0.05) is 23.0 Å². The van der Waals surface area contributed by atoms with Crippen LogP contribution in [-0.2, 0) is 13.0 Å². The lowest BCUT2D eigenvalue weighted by molar-refractivity contribution is 0.773. The minimum Gasteiger partial charge on any atom is -0.370 e. The van der Waals surface area contributed by atoms with Gasteiger partial charge in [-0.3, -0.25) is 0 Å². The molecule has 0 atom stereocenters. The second kappa shape index (κ2) is 6.43. The highest BCUT2D eigenvalue weighted by Gasteiger charge is 2.32. The Hall–Kier alpha value is -1.62. The summed E-state index contributed by atoms with van der Waals surface area (Å²) in [5.74, 6) is 2.10. The highest BCUT2D eigenvalue weighted by atomic mass is 32.1. The third-order valence-corrected chi connectivity index (χ3v) is 4.65. The summed E-state index contributed by atoms with van der Waals surface area (Å²) in [5.41, 5.74) is 1.24. The van der Waals surface area contributed by atoms with E-state index in [9.17, 15) is 0 Å². The van der Waals surface area contributed by atoms with Crippen LogP contribution in [0.2, 0.25) is 0 Å². The van der Waals surface area contributed by atoms with Gasteiger partial charge >= 0.3 is 0 Å². The Kier molecular flexibility index (Phi) is 4.39. The number of hydrogen-bond acceptors (Lipinski definition) is 5. The Labute approximate surface area is 130 Å². The van der Waals surface area contributed by atoms with Crippen LogP contribution in [0.1, 0.15) is 37.1 Å². The number of aromatic nitrogens is 2. The van der Waals surface area contributed by atoms with Crippen molar-refractivity contribution in [1.82, 2.24) is 9.97 Å². The molecule has 0 aliphatic heterocycles. The Morgan fingerprint density at radius 2 is 2.19 bits per heavy atom. The van der Waals surface area contributed by atoms with Crippen LogP contribution in [0.25, 0.3) is 0 Å². The van der Waals surface area contributed by atoms with Gasteiger partial charge in [-0.15, -0.1) is 11.3 Å². The molecule has 1 N–H and O–H groups in total. The van der Waals surface area contributed by atoms with Gasteiger partial charge in [-0.25, -0.2) is 9.97 Å². The molecule has 0 aromatic carbocycles. The van der Waals surface area contributed by atoms with Gasteiger partial charge in [0.1, 0.15) is 18.0 Å². The molecule has 2 aromatic rings. The van der Waals surface area contributed by atoms with Crippen molar-refractivity contribution in [2.24, 2.45) is 0 Å². The van der Waals surface area contributed by atoms with Gasteiger partial charge in [-0.2, -0.15) is 0 Å². The van der Waals surface area contributed by atoms with E-state index in [4.69, 9.17) is 0 Å². The molecule has 1 fully saturated rings. The normalized spacial score (nSPS) is 14.2. The van der Waals surface area contributed by atoms with Crippen LogP contribution in [0, 0.1) is 0 Å². The molecule has 0 radical (unpaired) electrons. The lowest BCUT2D eigenvalue weighted by Gasteiger charge is -2.26. The van der Waals surface area contributed by atoms with E-state index < -0.39 is 0 Å². The number of nitrogens with zero attached hydrogens (tertiary/aromatic N) is 3. The fourth-order valence-corrected chi connectivity index (χ4v) is 3.33. The molecule has 1 saturated carbocycles. The number of rotatable bonds is 7. The summed E-state index contributed by atoms with van der Waals surface area (Å²) in [6.45, 7) is 6.13.